The van der Waals surface area contributed by atoms with Crippen LogP contribution in [0.4, 0.5) is 0 Å². The van der Waals surface area contributed by atoms with Gasteiger partial charge in [-0.2, -0.15) is 0 Å². The van der Waals surface area contributed by atoms with Crippen molar-refractivity contribution in [2.45, 2.75) is 13.3 Å². The number of carboxylic acid groups (broad SMARTS) is 4. The third kappa shape index (κ3) is 24.0. The van der Waals surface area contributed by atoms with Gasteiger partial charge >= 0.3 is 23.9 Å². The molecule has 0 saturated carbocycles. The Labute approximate surface area is 179 Å². The van der Waals surface area contributed by atoms with Gasteiger partial charge in [-0.25, -0.2) is 19.2 Å². The summed E-state index contributed by atoms with van der Waals surface area (Å²) in [6, 6.07) is 1.99. The molecule has 0 aliphatic rings. The minimum atomic E-state index is -1.26. The molecular formula is C20H26N2O9. The molecule has 0 unspecified atom stereocenters. The van der Waals surface area contributed by atoms with E-state index in [9.17, 15) is 19.2 Å². The van der Waals surface area contributed by atoms with Gasteiger partial charge in [0.05, 0.1) is 12.8 Å². The lowest BCUT2D eigenvalue weighted by Crippen LogP contribution is -2.05. The number of nitrogens with zero attached hydrogens (tertiary/aromatic N) is 1. The minimum absolute atomic E-state index is 0.558. The van der Waals surface area contributed by atoms with Crippen molar-refractivity contribution in [1.29, 1.82) is 0 Å². The zero-order chi connectivity index (χ0) is 24.1. The monoisotopic (exact) mass is 438 g/mol. The number of rotatable bonds is 10. The van der Waals surface area contributed by atoms with Crippen molar-refractivity contribution in [3.8, 4) is 5.75 Å². The molecule has 0 radical (unpaired) electrons. The van der Waals surface area contributed by atoms with Gasteiger partial charge in [-0.15, -0.1) is 0 Å². The Bertz CT molecular complexity index is 721. The van der Waals surface area contributed by atoms with Crippen LogP contribution in [-0.2, 0) is 19.2 Å². The largest absolute Gasteiger partial charge is 0.492 e. The fourth-order valence-electron chi connectivity index (χ4n) is 1.50. The highest BCUT2D eigenvalue weighted by Gasteiger charge is 1.93. The normalized spacial score (nSPS) is 10.1. The van der Waals surface area contributed by atoms with E-state index in [0.29, 0.717) is 30.9 Å². The van der Waals surface area contributed by atoms with Crippen molar-refractivity contribution >= 4 is 30.0 Å². The maximum Gasteiger partial charge on any atom is 0.328 e. The van der Waals surface area contributed by atoms with Gasteiger partial charge < -0.3 is 30.5 Å². The molecule has 11 heteroatoms. The Morgan fingerprint density at radius 3 is 1.81 bits per heavy atom. The third-order valence-corrected chi connectivity index (χ3v) is 2.65. The van der Waals surface area contributed by atoms with Crippen molar-refractivity contribution in [3.05, 3.63) is 54.4 Å². The molecule has 1 heterocycles. The average molecular weight is 438 g/mol. The lowest BCUT2D eigenvalue weighted by Gasteiger charge is -2.02. The number of aliphatic carboxylic acids is 4. The van der Waals surface area contributed by atoms with Crippen LogP contribution in [0.5, 0.6) is 5.75 Å². The number of hydrogen-bond donors (Lipinski definition) is 5. The number of pyridine rings is 1. The second-order valence-corrected chi connectivity index (χ2v) is 5.20. The van der Waals surface area contributed by atoms with Crippen LogP contribution >= 0.6 is 0 Å². The van der Waals surface area contributed by atoms with Crippen molar-refractivity contribution in [1.82, 2.24) is 10.3 Å². The maximum absolute atomic E-state index is 9.55. The number of carboxylic acids is 4. The van der Waals surface area contributed by atoms with E-state index in [4.69, 9.17) is 25.2 Å². The summed E-state index contributed by atoms with van der Waals surface area (Å²) >= 11 is 0. The summed E-state index contributed by atoms with van der Waals surface area (Å²) < 4.78 is 5.37. The smallest absolute Gasteiger partial charge is 0.328 e. The first-order valence-corrected chi connectivity index (χ1v) is 8.79. The highest BCUT2D eigenvalue weighted by atomic mass is 16.5. The molecule has 0 aliphatic heterocycles. The van der Waals surface area contributed by atoms with Gasteiger partial charge in [-0.3, -0.25) is 4.98 Å². The van der Waals surface area contributed by atoms with Crippen LogP contribution in [0.2, 0.25) is 0 Å². The van der Waals surface area contributed by atoms with Crippen LogP contribution in [-0.4, -0.2) is 69.5 Å². The molecule has 0 fully saturated rings. The standard InChI is InChI=1S/C12H18N2O.2C4H4O4/c1-3-15-12-8-11(9-14-10-12)6-4-5-7-13-2;2*5-3(6)1-2-4(7)8/h4,6,8-10,13H,3,5,7H2,1-2H3;2*1-2H,(H,5,6)(H,7,8)/b6-4+;;. The summed E-state index contributed by atoms with van der Waals surface area (Å²) in [5.74, 6) is -4.20. The molecule has 0 aromatic carbocycles. The van der Waals surface area contributed by atoms with Gasteiger partial charge in [0.2, 0.25) is 0 Å². The van der Waals surface area contributed by atoms with Gasteiger partial charge in [0, 0.05) is 30.5 Å². The van der Waals surface area contributed by atoms with E-state index in [-0.39, 0.29) is 0 Å². The van der Waals surface area contributed by atoms with Crippen molar-refractivity contribution in [2.75, 3.05) is 20.2 Å². The lowest BCUT2D eigenvalue weighted by molar-refractivity contribution is -0.134. The van der Waals surface area contributed by atoms with Gasteiger partial charge in [-0.05, 0) is 38.6 Å². The van der Waals surface area contributed by atoms with Crippen LogP contribution in [0.3, 0.4) is 0 Å². The van der Waals surface area contributed by atoms with E-state index in [1.165, 1.54) is 0 Å². The van der Waals surface area contributed by atoms with E-state index < -0.39 is 23.9 Å². The minimum Gasteiger partial charge on any atom is -0.492 e. The Balaban J connectivity index is 0. The predicted octanol–water partition coefficient (Wildman–Crippen LogP) is 1.53. The van der Waals surface area contributed by atoms with Crippen molar-refractivity contribution in [2.24, 2.45) is 0 Å². The SMILES string of the molecule is CCOc1cncc(/C=C/CCNC)c1.O=C(O)C=CC(=O)O.O=C(O)C=CC(=O)O. The predicted molar refractivity (Wildman–Crippen MR) is 112 cm³/mol. The van der Waals surface area contributed by atoms with Crippen LogP contribution < -0.4 is 10.1 Å². The molecule has 0 bridgehead atoms. The molecule has 0 saturated heterocycles. The highest BCUT2D eigenvalue weighted by Crippen LogP contribution is 2.12. The quantitative estimate of drug-likeness (QED) is 0.264. The number of ether oxygens (including phenoxy) is 1. The molecule has 1 aromatic rings. The highest BCUT2D eigenvalue weighted by molar-refractivity contribution is 5.90. The molecule has 0 amide bonds. The molecule has 1 aromatic heterocycles. The summed E-state index contributed by atoms with van der Waals surface area (Å²) in [6.07, 6.45) is 11.0. The molecule has 0 aliphatic carbocycles. The number of carbonyl (C=O) groups is 4. The molecule has 11 nitrogen and oxygen atoms in total. The zero-order valence-electron chi connectivity index (χ0n) is 17.1. The fourth-order valence-corrected chi connectivity index (χ4v) is 1.50. The molecule has 31 heavy (non-hydrogen) atoms. The summed E-state index contributed by atoms with van der Waals surface area (Å²) in [5, 5.41) is 34.3. The molecule has 170 valence electrons. The van der Waals surface area contributed by atoms with Crippen LogP contribution in [0.25, 0.3) is 6.08 Å². The average Bonchev–Trinajstić information content (AvgIpc) is 2.70. The van der Waals surface area contributed by atoms with Gasteiger partial charge in [-0.1, -0.05) is 12.2 Å². The summed E-state index contributed by atoms with van der Waals surface area (Å²) in [4.78, 5) is 42.3. The summed E-state index contributed by atoms with van der Waals surface area (Å²) in [7, 11) is 1.95. The molecule has 5 N–H and O–H groups in total. The van der Waals surface area contributed by atoms with Crippen LogP contribution in [0.1, 0.15) is 18.9 Å². The Morgan fingerprint density at radius 2 is 1.42 bits per heavy atom. The van der Waals surface area contributed by atoms with E-state index in [1.807, 2.05) is 26.2 Å². The maximum atomic E-state index is 9.55. The van der Waals surface area contributed by atoms with Crippen molar-refractivity contribution in [3.63, 3.8) is 0 Å². The van der Waals surface area contributed by atoms with Crippen molar-refractivity contribution < 1.29 is 44.3 Å². The first-order valence-electron chi connectivity index (χ1n) is 8.79. The number of hydrogen-bond acceptors (Lipinski definition) is 7. The van der Waals surface area contributed by atoms with Gasteiger partial charge in [0.1, 0.15) is 5.75 Å². The fraction of sp³-hybridized carbons (Fsp3) is 0.250. The van der Waals surface area contributed by atoms with Crippen LogP contribution in [0.15, 0.2) is 48.8 Å². The number of aromatic nitrogens is 1. The first-order chi connectivity index (χ1) is 14.6. The van der Waals surface area contributed by atoms with E-state index >= 15 is 0 Å². The molecular weight excluding hydrogens is 412 g/mol. The second-order valence-electron chi connectivity index (χ2n) is 5.20. The number of nitrogens with one attached hydrogen (secondary N) is 1. The lowest BCUT2D eigenvalue weighted by atomic mass is 10.2. The van der Waals surface area contributed by atoms with E-state index in [2.05, 4.69) is 22.5 Å². The summed E-state index contributed by atoms with van der Waals surface area (Å²) in [6.45, 7) is 3.64. The first kappa shape index (κ1) is 29.2. The molecule has 0 atom stereocenters. The Hall–Kier alpha value is -3.99. The topological polar surface area (TPSA) is 183 Å². The van der Waals surface area contributed by atoms with Gasteiger partial charge in [0.25, 0.3) is 0 Å². The third-order valence-electron chi connectivity index (χ3n) is 2.65. The van der Waals surface area contributed by atoms with Crippen LogP contribution in [0, 0.1) is 0 Å². The Morgan fingerprint density at radius 1 is 0.935 bits per heavy atom. The molecule has 1 rings (SSSR count). The van der Waals surface area contributed by atoms with E-state index in [0.717, 1.165) is 24.3 Å². The van der Waals surface area contributed by atoms with Gasteiger partial charge in [0.15, 0.2) is 0 Å². The Kier molecular flexibility index (Phi) is 18.2. The molecule has 0 spiro atoms. The van der Waals surface area contributed by atoms with E-state index in [1.54, 1.807) is 6.20 Å². The second kappa shape index (κ2) is 19.3. The summed E-state index contributed by atoms with van der Waals surface area (Å²) in [5.41, 5.74) is 1.08. The zero-order valence-corrected chi connectivity index (χ0v) is 17.1.